The van der Waals surface area contributed by atoms with E-state index in [0.717, 1.165) is 34.2 Å². The molecule has 3 aromatic rings. The van der Waals surface area contributed by atoms with Crippen LogP contribution in [-0.2, 0) is 18.3 Å². The number of benzene rings is 2. The SMILES string of the molecule is CCc1ccc(NC(=O)[C@H](C)Sc2nnc(-c3ccccc3C)n2C)cc1. The molecule has 0 spiro atoms. The van der Waals surface area contributed by atoms with Crippen molar-refractivity contribution in [2.45, 2.75) is 37.6 Å². The number of amides is 1. The Morgan fingerprint density at radius 3 is 2.52 bits per heavy atom. The minimum Gasteiger partial charge on any atom is -0.325 e. The Morgan fingerprint density at radius 2 is 1.85 bits per heavy atom. The highest BCUT2D eigenvalue weighted by Crippen LogP contribution is 2.27. The van der Waals surface area contributed by atoms with Gasteiger partial charge in [0.1, 0.15) is 0 Å². The van der Waals surface area contributed by atoms with Crippen LogP contribution >= 0.6 is 11.8 Å². The van der Waals surface area contributed by atoms with Crippen molar-refractivity contribution in [3.8, 4) is 11.4 Å². The highest BCUT2D eigenvalue weighted by atomic mass is 32.2. The van der Waals surface area contributed by atoms with Gasteiger partial charge >= 0.3 is 0 Å². The highest BCUT2D eigenvalue weighted by Gasteiger charge is 2.20. The van der Waals surface area contributed by atoms with E-state index in [4.69, 9.17) is 0 Å². The van der Waals surface area contributed by atoms with E-state index >= 15 is 0 Å². The molecule has 1 aromatic heterocycles. The predicted molar refractivity (Wildman–Crippen MR) is 111 cm³/mol. The summed E-state index contributed by atoms with van der Waals surface area (Å²) in [7, 11) is 1.93. The Kier molecular flexibility index (Phi) is 5.96. The molecule has 1 atom stereocenters. The molecule has 0 unspecified atom stereocenters. The molecule has 27 heavy (non-hydrogen) atoms. The smallest absolute Gasteiger partial charge is 0.237 e. The molecule has 2 aromatic carbocycles. The first-order chi connectivity index (χ1) is 13.0. The average Bonchev–Trinajstić information content (AvgIpc) is 3.03. The maximum atomic E-state index is 12.5. The van der Waals surface area contributed by atoms with Gasteiger partial charge in [0.2, 0.25) is 5.91 Å². The number of carbonyl (C=O) groups excluding carboxylic acids is 1. The lowest BCUT2D eigenvalue weighted by atomic mass is 10.1. The van der Waals surface area contributed by atoms with Gasteiger partial charge in [-0.05, 0) is 43.5 Å². The van der Waals surface area contributed by atoms with E-state index in [9.17, 15) is 4.79 Å². The van der Waals surface area contributed by atoms with Gasteiger partial charge in [-0.3, -0.25) is 4.79 Å². The predicted octanol–water partition coefficient (Wildman–Crippen LogP) is 4.47. The van der Waals surface area contributed by atoms with Gasteiger partial charge in [0, 0.05) is 18.3 Å². The molecule has 1 heterocycles. The summed E-state index contributed by atoms with van der Waals surface area (Å²) in [5.74, 6) is 0.753. The maximum absolute atomic E-state index is 12.5. The van der Waals surface area contributed by atoms with Gasteiger partial charge in [0.25, 0.3) is 0 Å². The molecule has 0 fully saturated rings. The van der Waals surface area contributed by atoms with Gasteiger partial charge in [-0.25, -0.2) is 0 Å². The molecule has 0 aliphatic carbocycles. The topological polar surface area (TPSA) is 59.8 Å². The van der Waals surface area contributed by atoms with Crippen molar-refractivity contribution >= 4 is 23.4 Å². The first kappa shape index (κ1) is 19.2. The lowest BCUT2D eigenvalue weighted by Gasteiger charge is -2.12. The lowest BCUT2D eigenvalue weighted by molar-refractivity contribution is -0.115. The number of aromatic nitrogens is 3. The van der Waals surface area contributed by atoms with Gasteiger partial charge in [-0.2, -0.15) is 0 Å². The number of carbonyl (C=O) groups is 1. The van der Waals surface area contributed by atoms with Crippen LogP contribution in [0.25, 0.3) is 11.4 Å². The molecular weight excluding hydrogens is 356 g/mol. The normalized spacial score (nSPS) is 12.0. The van der Waals surface area contributed by atoms with Crippen molar-refractivity contribution in [3.05, 3.63) is 59.7 Å². The van der Waals surface area contributed by atoms with E-state index < -0.39 is 0 Å². The van der Waals surface area contributed by atoms with Crippen LogP contribution in [0, 0.1) is 6.92 Å². The van der Waals surface area contributed by atoms with Crippen molar-refractivity contribution in [1.82, 2.24) is 14.8 Å². The molecule has 3 rings (SSSR count). The first-order valence-corrected chi connectivity index (χ1v) is 9.89. The highest BCUT2D eigenvalue weighted by molar-refractivity contribution is 8.00. The summed E-state index contributed by atoms with van der Waals surface area (Å²) in [6.07, 6.45) is 0.982. The summed E-state index contributed by atoms with van der Waals surface area (Å²) in [5.41, 5.74) is 4.25. The number of nitrogens with one attached hydrogen (secondary N) is 1. The fourth-order valence-corrected chi connectivity index (χ4v) is 3.57. The number of aryl methyl sites for hydroxylation is 2. The largest absolute Gasteiger partial charge is 0.325 e. The average molecular weight is 381 g/mol. The molecule has 0 saturated carbocycles. The molecule has 0 bridgehead atoms. The monoisotopic (exact) mass is 380 g/mol. The molecule has 0 aliphatic rings. The Labute approximate surface area is 164 Å². The van der Waals surface area contributed by atoms with Crippen molar-refractivity contribution in [3.63, 3.8) is 0 Å². The minimum absolute atomic E-state index is 0.0512. The molecule has 5 nitrogen and oxygen atoms in total. The zero-order valence-corrected chi connectivity index (χ0v) is 16.9. The molecule has 140 valence electrons. The third-order valence-electron chi connectivity index (χ3n) is 4.50. The molecule has 0 aliphatic heterocycles. The standard InChI is InChI=1S/C21H24N4OS/c1-5-16-10-12-17(13-11-16)22-20(26)15(3)27-21-24-23-19(25(21)4)18-9-7-6-8-14(18)2/h6-13,15H,5H2,1-4H3,(H,22,26)/t15-/m0/s1. The Balaban J connectivity index is 1.69. The van der Waals surface area contributed by atoms with Gasteiger partial charge in [0.05, 0.1) is 5.25 Å². The second kappa shape index (κ2) is 8.39. The molecule has 1 N–H and O–H groups in total. The number of hydrogen-bond acceptors (Lipinski definition) is 4. The van der Waals surface area contributed by atoms with Crippen LogP contribution in [0.1, 0.15) is 25.0 Å². The van der Waals surface area contributed by atoms with Crippen LogP contribution in [-0.4, -0.2) is 25.9 Å². The van der Waals surface area contributed by atoms with Crippen molar-refractivity contribution in [2.75, 3.05) is 5.32 Å². The van der Waals surface area contributed by atoms with Gasteiger partial charge < -0.3 is 9.88 Å². The van der Waals surface area contributed by atoms with E-state index in [1.165, 1.54) is 17.3 Å². The van der Waals surface area contributed by atoms with Crippen molar-refractivity contribution in [1.29, 1.82) is 0 Å². The second-order valence-corrected chi connectivity index (χ2v) is 7.79. The van der Waals surface area contributed by atoms with Crippen LogP contribution < -0.4 is 5.32 Å². The zero-order valence-electron chi connectivity index (χ0n) is 16.1. The number of thioether (sulfide) groups is 1. The molecule has 0 radical (unpaired) electrons. The number of anilines is 1. The lowest BCUT2D eigenvalue weighted by Crippen LogP contribution is -2.22. The minimum atomic E-state index is -0.288. The Hall–Kier alpha value is -2.60. The van der Waals surface area contributed by atoms with E-state index in [1.807, 2.05) is 61.0 Å². The quantitative estimate of drug-likeness (QED) is 0.641. The van der Waals surface area contributed by atoms with Crippen LogP contribution in [0.5, 0.6) is 0 Å². The second-order valence-electron chi connectivity index (χ2n) is 6.48. The third-order valence-corrected chi connectivity index (χ3v) is 5.64. The zero-order chi connectivity index (χ0) is 19.4. The molecule has 1 amide bonds. The van der Waals surface area contributed by atoms with Crippen LogP contribution in [0.4, 0.5) is 5.69 Å². The first-order valence-electron chi connectivity index (χ1n) is 9.01. The van der Waals surface area contributed by atoms with Crippen LogP contribution in [0.15, 0.2) is 53.7 Å². The Morgan fingerprint density at radius 1 is 1.15 bits per heavy atom. The van der Waals surface area contributed by atoms with Gasteiger partial charge in [-0.1, -0.05) is 55.1 Å². The maximum Gasteiger partial charge on any atom is 0.237 e. The van der Waals surface area contributed by atoms with E-state index in [1.54, 1.807) is 0 Å². The van der Waals surface area contributed by atoms with Crippen molar-refractivity contribution in [2.24, 2.45) is 7.05 Å². The summed E-state index contributed by atoms with van der Waals surface area (Å²) >= 11 is 1.40. The van der Waals surface area contributed by atoms with Crippen molar-refractivity contribution < 1.29 is 4.79 Å². The van der Waals surface area contributed by atoms with E-state index in [0.29, 0.717) is 0 Å². The van der Waals surface area contributed by atoms with Gasteiger partial charge in [-0.15, -0.1) is 10.2 Å². The van der Waals surface area contributed by atoms with Crippen LogP contribution in [0.3, 0.4) is 0 Å². The number of hydrogen-bond donors (Lipinski definition) is 1. The van der Waals surface area contributed by atoms with E-state index in [2.05, 4.69) is 35.4 Å². The fraction of sp³-hybridized carbons (Fsp3) is 0.286. The molecule has 6 heteroatoms. The summed E-state index contributed by atoms with van der Waals surface area (Å²) < 4.78 is 1.94. The number of nitrogens with zero attached hydrogens (tertiary/aromatic N) is 3. The molecular formula is C21H24N4OS. The fourth-order valence-electron chi connectivity index (χ4n) is 2.76. The third kappa shape index (κ3) is 4.39. The summed E-state index contributed by atoms with van der Waals surface area (Å²) in [6, 6.07) is 16.0. The summed E-state index contributed by atoms with van der Waals surface area (Å²) in [4.78, 5) is 12.5. The Bertz CT molecular complexity index is 934. The van der Waals surface area contributed by atoms with Crippen LogP contribution in [0.2, 0.25) is 0 Å². The summed E-state index contributed by atoms with van der Waals surface area (Å²) in [5, 5.41) is 12.0. The summed E-state index contributed by atoms with van der Waals surface area (Å²) in [6.45, 7) is 6.04. The number of rotatable bonds is 6. The van der Waals surface area contributed by atoms with E-state index in [-0.39, 0.29) is 11.2 Å². The van der Waals surface area contributed by atoms with Gasteiger partial charge in [0.15, 0.2) is 11.0 Å². The molecule has 0 saturated heterocycles.